The second-order valence-electron chi connectivity index (χ2n) is 7.05. The number of rotatable bonds is 4. The SMILES string of the molecule is Cc1ccc(Nc2cc(-c3ccccc3)nn2-c2ccc3ccccc3n2)cc1. The normalized spacial score (nSPS) is 10.9. The van der Waals surface area contributed by atoms with Crippen LogP contribution in [-0.4, -0.2) is 14.8 Å². The maximum atomic E-state index is 4.86. The highest BCUT2D eigenvalue weighted by molar-refractivity contribution is 5.79. The molecular weight excluding hydrogens is 356 g/mol. The molecule has 0 fully saturated rings. The van der Waals surface area contributed by atoms with Crippen LogP contribution >= 0.6 is 0 Å². The van der Waals surface area contributed by atoms with Crippen LogP contribution in [0.1, 0.15) is 5.56 Å². The molecule has 0 amide bonds. The Labute approximate surface area is 169 Å². The summed E-state index contributed by atoms with van der Waals surface area (Å²) in [4.78, 5) is 4.83. The third-order valence-corrected chi connectivity index (χ3v) is 4.90. The first kappa shape index (κ1) is 17.2. The fraction of sp³-hybridized carbons (Fsp3) is 0.0400. The molecule has 1 N–H and O–H groups in total. The number of pyridine rings is 1. The maximum Gasteiger partial charge on any atom is 0.156 e. The zero-order valence-corrected chi connectivity index (χ0v) is 16.1. The second-order valence-corrected chi connectivity index (χ2v) is 7.05. The van der Waals surface area contributed by atoms with Crippen molar-refractivity contribution >= 4 is 22.4 Å². The highest BCUT2D eigenvalue weighted by Gasteiger charge is 2.13. The summed E-state index contributed by atoms with van der Waals surface area (Å²) in [5.74, 6) is 1.65. The van der Waals surface area contributed by atoms with E-state index in [1.165, 1.54) is 5.56 Å². The van der Waals surface area contributed by atoms with Crippen LogP contribution < -0.4 is 5.32 Å². The van der Waals surface area contributed by atoms with Crippen LogP contribution in [-0.2, 0) is 0 Å². The standard InChI is InChI=1S/C25H20N4/c1-18-11-14-21(15-12-18)26-25-17-23(19-7-3-2-4-8-19)28-29(25)24-16-13-20-9-5-6-10-22(20)27-24/h2-17,26H,1H3. The van der Waals surface area contributed by atoms with E-state index in [4.69, 9.17) is 10.1 Å². The van der Waals surface area contributed by atoms with Crippen molar-refractivity contribution in [3.05, 3.63) is 103 Å². The van der Waals surface area contributed by atoms with E-state index in [-0.39, 0.29) is 0 Å². The monoisotopic (exact) mass is 376 g/mol. The summed E-state index contributed by atoms with van der Waals surface area (Å²) in [6.45, 7) is 2.08. The number of nitrogens with zero attached hydrogens (tertiary/aromatic N) is 3. The van der Waals surface area contributed by atoms with E-state index in [0.29, 0.717) is 0 Å². The van der Waals surface area contributed by atoms with E-state index >= 15 is 0 Å². The summed E-state index contributed by atoms with van der Waals surface area (Å²) in [6.07, 6.45) is 0. The van der Waals surface area contributed by atoms with Crippen molar-refractivity contribution in [3.8, 4) is 17.1 Å². The van der Waals surface area contributed by atoms with Gasteiger partial charge in [0.15, 0.2) is 5.82 Å². The van der Waals surface area contributed by atoms with Gasteiger partial charge in [-0.2, -0.15) is 9.78 Å². The quantitative estimate of drug-likeness (QED) is 0.410. The first-order valence-corrected chi connectivity index (χ1v) is 9.62. The number of anilines is 2. The fourth-order valence-electron chi connectivity index (χ4n) is 3.35. The van der Waals surface area contributed by atoms with Crippen molar-refractivity contribution in [1.82, 2.24) is 14.8 Å². The summed E-state index contributed by atoms with van der Waals surface area (Å²) in [5, 5.41) is 9.47. The van der Waals surface area contributed by atoms with Crippen LogP contribution in [0.3, 0.4) is 0 Å². The molecule has 4 heteroatoms. The van der Waals surface area contributed by atoms with E-state index < -0.39 is 0 Å². The van der Waals surface area contributed by atoms with Crippen molar-refractivity contribution in [1.29, 1.82) is 0 Å². The van der Waals surface area contributed by atoms with Gasteiger partial charge in [-0.1, -0.05) is 66.2 Å². The minimum Gasteiger partial charge on any atom is -0.340 e. The number of nitrogens with one attached hydrogen (secondary N) is 1. The highest BCUT2D eigenvalue weighted by atomic mass is 15.4. The lowest BCUT2D eigenvalue weighted by atomic mass is 10.1. The van der Waals surface area contributed by atoms with Crippen molar-refractivity contribution in [3.63, 3.8) is 0 Å². The van der Waals surface area contributed by atoms with E-state index in [0.717, 1.165) is 39.5 Å². The predicted molar refractivity (Wildman–Crippen MR) is 119 cm³/mol. The van der Waals surface area contributed by atoms with Gasteiger partial charge < -0.3 is 5.32 Å². The highest BCUT2D eigenvalue weighted by Crippen LogP contribution is 2.27. The maximum absolute atomic E-state index is 4.86. The molecule has 5 aromatic rings. The van der Waals surface area contributed by atoms with Gasteiger partial charge >= 0.3 is 0 Å². The van der Waals surface area contributed by atoms with Crippen LogP contribution in [0, 0.1) is 6.92 Å². The van der Waals surface area contributed by atoms with Gasteiger partial charge in [0.1, 0.15) is 5.82 Å². The lowest BCUT2D eigenvalue weighted by Gasteiger charge is -2.10. The summed E-state index contributed by atoms with van der Waals surface area (Å²) in [6, 6.07) is 32.8. The number of hydrogen-bond acceptors (Lipinski definition) is 3. The average molecular weight is 376 g/mol. The van der Waals surface area contributed by atoms with Crippen molar-refractivity contribution in [2.75, 3.05) is 5.32 Å². The molecule has 0 radical (unpaired) electrons. The Bertz CT molecular complexity index is 1270. The molecule has 0 saturated heterocycles. The predicted octanol–water partition coefficient (Wildman–Crippen LogP) is 6.14. The molecule has 29 heavy (non-hydrogen) atoms. The first-order chi connectivity index (χ1) is 14.3. The Morgan fingerprint density at radius 1 is 0.759 bits per heavy atom. The molecule has 0 aliphatic rings. The molecule has 0 spiro atoms. The average Bonchev–Trinajstić information content (AvgIpc) is 3.19. The van der Waals surface area contributed by atoms with Crippen molar-refractivity contribution in [2.24, 2.45) is 0 Å². The van der Waals surface area contributed by atoms with Gasteiger partial charge in [-0.15, -0.1) is 0 Å². The van der Waals surface area contributed by atoms with Gasteiger partial charge in [0.2, 0.25) is 0 Å². The van der Waals surface area contributed by atoms with Gasteiger partial charge in [0.25, 0.3) is 0 Å². The number of aryl methyl sites for hydroxylation is 1. The minimum atomic E-state index is 0.778. The summed E-state index contributed by atoms with van der Waals surface area (Å²) in [7, 11) is 0. The number of para-hydroxylation sites is 1. The summed E-state index contributed by atoms with van der Waals surface area (Å²) in [5.41, 5.74) is 5.15. The molecule has 4 nitrogen and oxygen atoms in total. The molecule has 5 rings (SSSR count). The molecule has 140 valence electrons. The van der Waals surface area contributed by atoms with Crippen LogP contribution in [0.2, 0.25) is 0 Å². The molecule has 0 aliphatic heterocycles. The van der Waals surface area contributed by atoms with Crippen LogP contribution in [0.25, 0.3) is 28.0 Å². The van der Waals surface area contributed by atoms with Crippen LogP contribution in [0.4, 0.5) is 11.5 Å². The Morgan fingerprint density at radius 2 is 1.52 bits per heavy atom. The third kappa shape index (κ3) is 3.48. The molecule has 2 aromatic heterocycles. The van der Waals surface area contributed by atoms with Crippen LogP contribution in [0.5, 0.6) is 0 Å². The topological polar surface area (TPSA) is 42.7 Å². The lowest BCUT2D eigenvalue weighted by Crippen LogP contribution is -2.04. The Morgan fingerprint density at radius 3 is 2.34 bits per heavy atom. The third-order valence-electron chi connectivity index (χ3n) is 4.90. The van der Waals surface area contributed by atoms with E-state index in [2.05, 4.69) is 66.8 Å². The van der Waals surface area contributed by atoms with E-state index in [1.54, 1.807) is 0 Å². The number of fused-ring (bicyclic) bond motifs is 1. The lowest BCUT2D eigenvalue weighted by molar-refractivity contribution is 0.864. The number of hydrogen-bond donors (Lipinski definition) is 1. The zero-order valence-electron chi connectivity index (χ0n) is 16.1. The number of aromatic nitrogens is 3. The molecule has 2 heterocycles. The molecule has 0 atom stereocenters. The van der Waals surface area contributed by atoms with Gasteiger partial charge in [-0.05, 0) is 37.3 Å². The fourth-order valence-corrected chi connectivity index (χ4v) is 3.35. The van der Waals surface area contributed by atoms with Gasteiger partial charge in [0, 0.05) is 22.7 Å². The molecule has 3 aromatic carbocycles. The van der Waals surface area contributed by atoms with Crippen molar-refractivity contribution in [2.45, 2.75) is 6.92 Å². The molecule has 0 unspecified atom stereocenters. The first-order valence-electron chi connectivity index (χ1n) is 9.62. The van der Waals surface area contributed by atoms with Crippen LogP contribution in [0.15, 0.2) is 97.1 Å². The molecule has 0 bridgehead atoms. The van der Waals surface area contributed by atoms with Gasteiger partial charge in [0.05, 0.1) is 11.2 Å². The van der Waals surface area contributed by atoms with E-state index in [9.17, 15) is 0 Å². The Hall–Kier alpha value is -3.92. The molecule has 0 aliphatic carbocycles. The number of benzene rings is 3. The largest absolute Gasteiger partial charge is 0.340 e. The molecule has 0 saturated carbocycles. The Kier molecular flexibility index (Phi) is 4.30. The summed E-state index contributed by atoms with van der Waals surface area (Å²) >= 11 is 0. The smallest absolute Gasteiger partial charge is 0.156 e. The zero-order chi connectivity index (χ0) is 19.6. The van der Waals surface area contributed by atoms with Crippen molar-refractivity contribution < 1.29 is 0 Å². The second kappa shape index (κ2) is 7.24. The Balaban J connectivity index is 1.63. The van der Waals surface area contributed by atoms with E-state index in [1.807, 2.05) is 47.1 Å². The molecular formula is C25H20N4. The summed E-state index contributed by atoms with van der Waals surface area (Å²) < 4.78 is 1.87. The van der Waals surface area contributed by atoms with Gasteiger partial charge in [-0.3, -0.25) is 0 Å². The van der Waals surface area contributed by atoms with Gasteiger partial charge in [-0.25, -0.2) is 4.98 Å². The minimum absolute atomic E-state index is 0.778.